The van der Waals surface area contributed by atoms with Crippen LogP contribution in [0, 0.1) is 13.8 Å². The number of hydrogen-bond acceptors (Lipinski definition) is 5. The summed E-state index contributed by atoms with van der Waals surface area (Å²) in [7, 11) is 1.58. The number of aryl methyl sites for hydroxylation is 2. The van der Waals surface area contributed by atoms with Gasteiger partial charge in [-0.05, 0) is 38.1 Å². The first kappa shape index (κ1) is 15.3. The smallest absolute Gasteiger partial charge is 0.159 e. The number of methoxy groups -OCH3 is 1. The summed E-state index contributed by atoms with van der Waals surface area (Å²) >= 11 is 6.13. The van der Waals surface area contributed by atoms with Crippen LogP contribution in [-0.2, 0) is 0 Å². The number of aromatic nitrogens is 4. The van der Waals surface area contributed by atoms with Crippen LogP contribution >= 0.6 is 11.6 Å². The average molecular weight is 330 g/mol. The zero-order chi connectivity index (χ0) is 16.4. The Morgan fingerprint density at radius 1 is 1.13 bits per heavy atom. The van der Waals surface area contributed by atoms with E-state index in [1.165, 1.54) is 6.33 Å². The maximum absolute atomic E-state index is 6.13. The predicted octanol–water partition coefficient (Wildman–Crippen LogP) is 3.68. The molecule has 0 saturated carbocycles. The lowest BCUT2D eigenvalue weighted by Crippen LogP contribution is -2.04. The molecule has 0 unspecified atom stereocenters. The van der Waals surface area contributed by atoms with Gasteiger partial charge in [0.15, 0.2) is 5.82 Å². The highest BCUT2D eigenvalue weighted by Crippen LogP contribution is 2.28. The highest BCUT2D eigenvalue weighted by atomic mass is 35.5. The lowest BCUT2D eigenvalue weighted by molar-refractivity contribution is 0.415. The number of benzene rings is 1. The minimum absolute atomic E-state index is 0.533. The Kier molecular flexibility index (Phi) is 4.16. The van der Waals surface area contributed by atoms with E-state index in [2.05, 4.69) is 20.4 Å². The van der Waals surface area contributed by atoms with Crippen molar-refractivity contribution in [3.8, 4) is 11.6 Å². The molecular weight excluding hydrogens is 314 g/mol. The SMILES string of the molecule is COc1ccc(Nc2cc(-n3nc(C)cc3C)ncn2)cc1Cl. The van der Waals surface area contributed by atoms with Gasteiger partial charge in [0.25, 0.3) is 0 Å². The molecule has 1 aromatic carbocycles. The summed E-state index contributed by atoms with van der Waals surface area (Å²) in [5.74, 6) is 1.99. The first-order valence-corrected chi connectivity index (χ1v) is 7.41. The molecule has 0 aliphatic heterocycles. The fourth-order valence-electron chi connectivity index (χ4n) is 2.28. The topological polar surface area (TPSA) is 64.9 Å². The Morgan fingerprint density at radius 3 is 2.61 bits per heavy atom. The summed E-state index contributed by atoms with van der Waals surface area (Å²) in [6.07, 6.45) is 1.50. The van der Waals surface area contributed by atoms with Crippen molar-refractivity contribution >= 4 is 23.1 Å². The number of nitrogens with one attached hydrogen (secondary N) is 1. The fourth-order valence-corrected chi connectivity index (χ4v) is 2.54. The Bertz CT molecular complexity index is 846. The van der Waals surface area contributed by atoms with Gasteiger partial charge in [-0.1, -0.05) is 11.6 Å². The quantitative estimate of drug-likeness (QED) is 0.791. The third kappa shape index (κ3) is 3.27. The highest BCUT2D eigenvalue weighted by Gasteiger charge is 2.07. The molecule has 0 aliphatic rings. The number of hydrogen-bond donors (Lipinski definition) is 1. The molecule has 3 aromatic rings. The van der Waals surface area contributed by atoms with E-state index in [9.17, 15) is 0 Å². The normalized spacial score (nSPS) is 10.6. The zero-order valence-electron chi connectivity index (χ0n) is 13.0. The van der Waals surface area contributed by atoms with Crippen LogP contribution in [0.2, 0.25) is 5.02 Å². The van der Waals surface area contributed by atoms with E-state index in [1.807, 2.05) is 32.0 Å². The molecule has 0 bridgehead atoms. The number of ether oxygens (including phenoxy) is 1. The molecule has 118 valence electrons. The molecule has 2 heterocycles. The van der Waals surface area contributed by atoms with Crippen LogP contribution in [-0.4, -0.2) is 26.9 Å². The number of halogens is 1. The van der Waals surface area contributed by atoms with Gasteiger partial charge in [-0.25, -0.2) is 14.6 Å². The van der Waals surface area contributed by atoms with Crippen LogP contribution in [0.1, 0.15) is 11.4 Å². The van der Waals surface area contributed by atoms with Crippen LogP contribution in [0.25, 0.3) is 5.82 Å². The summed E-state index contributed by atoms with van der Waals surface area (Å²) in [6.45, 7) is 3.93. The van der Waals surface area contributed by atoms with Gasteiger partial charge < -0.3 is 10.1 Å². The van der Waals surface area contributed by atoms with Crippen molar-refractivity contribution in [2.24, 2.45) is 0 Å². The first-order chi connectivity index (χ1) is 11.1. The van der Waals surface area contributed by atoms with Crippen LogP contribution in [0.3, 0.4) is 0 Å². The van der Waals surface area contributed by atoms with E-state index in [0.29, 0.717) is 22.4 Å². The third-order valence-electron chi connectivity index (χ3n) is 3.30. The second-order valence-corrected chi connectivity index (χ2v) is 5.48. The van der Waals surface area contributed by atoms with E-state index >= 15 is 0 Å². The molecule has 2 aromatic heterocycles. The van der Waals surface area contributed by atoms with Gasteiger partial charge in [0.1, 0.15) is 17.9 Å². The van der Waals surface area contributed by atoms with Crippen molar-refractivity contribution in [1.82, 2.24) is 19.7 Å². The number of anilines is 2. The van der Waals surface area contributed by atoms with Crippen molar-refractivity contribution in [3.05, 3.63) is 53.1 Å². The van der Waals surface area contributed by atoms with Gasteiger partial charge >= 0.3 is 0 Å². The average Bonchev–Trinajstić information content (AvgIpc) is 2.86. The Morgan fingerprint density at radius 2 is 1.96 bits per heavy atom. The van der Waals surface area contributed by atoms with Crippen LogP contribution in [0.15, 0.2) is 36.7 Å². The molecule has 0 fully saturated rings. The molecule has 0 spiro atoms. The van der Waals surface area contributed by atoms with Crippen LogP contribution in [0.4, 0.5) is 11.5 Å². The lowest BCUT2D eigenvalue weighted by atomic mass is 10.3. The van der Waals surface area contributed by atoms with Gasteiger partial charge in [-0.3, -0.25) is 0 Å². The number of rotatable bonds is 4. The van der Waals surface area contributed by atoms with Crippen LogP contribution < -0.4 is 10.1 Å². The Labute approximate surface area is 139 Å². The van der Waals surface area contributed by atoms with E-state index in [4.69, 9.17) is 16.3 Å². The van der Waals surface area contributed by atoms with Crippen molar-refractivity contribution in [3.63, 3.8) is 0 Å². The van der Waals surface area contributed by atoms with Crippen molar-refractivity contribution in [2.75, 3.05) is 12.4 Å². The molecule has 7 heteroatoms. The van der Waals surface area contributed by atoms with Gasteiger partial charge in [0, 0.05) is 17.4 Å². The maximum atomic E-state index is 6.13. The monoisotopic (exact) mass is 329 g/mol. The van der Waals surface area contributed by atoms with Gasteiger partial charge in [0.05, 0.1) is 17.8 Å². The second kappa shape index (κ2) is 6.26. The molecule has 3 rings (SSSR count). The van der Waals surface area contributed by atoms with Gasteiger partial charge in [0.2, 0.25) is 0 Å². The highest BCUT2D eigenvalue weighted by molar-refractivity contribution is 6.32. The van der Waals surface area contributed by atoms with Crippen molar-refractivity contribution < 1.29 is 4.74 Å². The van der Waals surface area contributed by atoms with E-state index in [1.54, 1.807) is 23.9 Å². The van der Waals surface area contributed by atoms with Crippen LogP contribution in [0.5, 0.6) is 5.75 Å². The van der Waals surface area contributed by atoms with E-state index in [-0.39, 0.29) is 0 Å². The summed E-state index contributed by atoms with van der Waals surface area (Å²) in [5, 5.41) is 8.16. The third-order valence-corrected chi connectivity index (χ3v) is 3.60. The molecule has 0 radical (unpaired) electrons. The second-order valence-electron chi connectivity index (χ2n) is 5.07. The molecule has 6 nitrogen and oxygen atoms in total. The predicted molar refractivity (Wildman–Crippen MR) is 89.9 cm³/mol. The molecule has 0 saturated heterocycles. The molecule has 1 N–H and O–H groups in total. The molecule has 0 amide bonds. The van der Waals surface area contributed by atoms with Crippen molar-refractivity contribution in [1.29, 1.82) is 0 Å². The first-order valence-electron chi connectivity index (χ1n) is 7.03. The Hall–Kier alpha value is -2.60. The minimum atomic E-state index is 0.533. The van der Waals surface area contributed by atoms with Crippen molar-refractivity contribution in [2.45, 2.75) is 13.8 Å². The summed E-state index contributed by atoms with van der Waals surface area (Å²) in [5.41, 5.74) is 2.77. The van der Waals surface area contributed by atoms with Gasteiger partial charge in [-0.15, -0.1) is 0 Å². The van der Waals surface area contributed by atoms with E-state index < -0.39 is 0 Å². The molecular formula is C16H16ClN5O. The Balaban J connectivity index is 1.88. The summed E-state index contributed by atoms with van der Waals surface area (Å²) in [6, 6.07) is 9.28. The van der Waals surface area contributed by atoms with Gasteiger partial charge in [-0.2, -0.15) is 5.10 Å². The lowest BCUT2D eigenvalue weighted by Gasteiger charge is -2.09. The minimum Gasteiger partial charge on any atom is -0.495 e. The summed E-state index contributed by atoms with van der Waals surface area (Å²) < 4.78 is 6.93. The fraction of sp³-hybridized carbons (Fsp3) is 0.188. The maximum Gasteiger partial charge on any atom is 0.159 e. The standard InChI is InChI=1S/C16H16ClN5O/c1-10-6-11(2)22(21-10)16-8-15(18-9-19-16)20-12-4-5-14(23-3)13(17)7-12/h4-9H,1-3H3,(H,18,19,20). The summed E-state index contributed by atoms with van der Waals surface area (Å²) in [4.78, 5) is 8.50. The zero-order valence-corrected chi connectivity index (χ0v) is 13.8. The molecule has 0 aliphatic carbocycles. The largest absolute Gasteiger partial charge is 0.495 e. The molecule has 0 atom stereocenters. The number of nitrogens with zero attached hydrogens (tertiary/aromatic N) is 4. The molecule has 23 heavy (non-hydrogen) atoms. The van der Waals surface area contributed by atoms with E-state index in [0.717, 1.165) is 17.1 Å².